The van der Waals surface area contributed by atoms with Gasteiger partial charge in [-0.05, 0) is 25.1 Å². The summed E-state index contributed by atoms with van der Waals surface area (Å²) in [5.41, 5.74) is 0.876. The first-order chi connectivity index (χ1) is 11.2. The van der Waals surface area contributed by atoms with Crippen molar-refractivity contribution >= 4 is 5.91 Å². The number of hydrogen-bond acceptors (Lipinski definition) is 5. The fraction of sp³-hybridized carbons (Fsp3) is 0.267. The van der Waals surface area contributed by atoms with Crippen LogP contribution >= 0.6 is 0 Å². The molecule has 0 bridgehead atoms. The molecule has 3 aromatic heterocycles. The van der Waals surface area contributed by atoms with E-state index in [4.69, 9.17) is 0 Å². The number of amides is 1. The molecule has 0 aliphatic carbocycles. The van der Waals surface area contributed by atoms with Gasteiger partial charge in [-0.15, -0.1) is 0 Å². The molecule has 8 nitrogen and oxygen atoms in total. The van der Waals surface area contributed by atoms with E-state index in [1.54, 1.807) is 23.3 Å². The monoisotopic (exact) mass is 311 g/mol. The molecule has 0 aromatic carbocycles. The molecular formula is C15H17N7O. The predicted octanol–water partition coefficient (Wildman–Crippen LogP) is 1.33. The van der Waals surface area contributed by atoms with E-state index < -0.39 is 0 Å². The number of pyridine rings is 1. The Morgan fingerprint density at radius 1 is 1.35 bits per heavy atom. The summed E-state index contributed by atoms with van der Waals surface area (Å²) < 4.78 is 1.76. The molecule has 118 valence electrons. The second-order valence-electron chi connectivity index (χ2n) is 5.16. The van der Waals surface area contributed by atoms with Gasteiger partial charge >= 0.3 is 0 Å². The van der Waals surface area contributed by atoms with Crippen molar-refractivity contribution in [2.75, 3.05) is 0 Å². The first-order valence-electron chi connectivity index (χ1n) is 7.30. The molecule has 0 saturated carbocycles. The lowest BCUT2D eigenvalue weighted by atomic mass is 10.2. The zero-order valence-corrected chi connectivity index (χ0v) is 12.7. The lowest BCUT2D eigenvalue weighted by molar-refractivity contribution is -0.122. The van der Waals surface area contributed by atoms with Gasteiger partial charge in [0.05, 0.1) is 12.6 Å². The van der Waals surface area contributed by atoms with Gasteiger partial charge in [0.15, 0.2) is 5.82 Å². The molecule has 3 heterocycles. The highest BCUT2D eigenvalue weighted by molar-refractivity contribution is 5.76. The SMILES string of the molecule is CC(CC(=O)NCc1nc(-c2ccncc2)n[nH]1)n1cccn1. The van der Waals surface area contributed by atoms with Crippen LogP contribution in [0.25, 0.3) is 11.4 Å². The average molecular weight is 311 g/mol. The molecule has 0 spiro atoms. The minimum Gasteiger partial charge on any atom is -0.349 e. The third kappa shape index (κ3) is 3.79. The number of aromatic amines is 1. The van der Waals surface area contributed by atoms with Crippen molar-refractivity contribution < 1.29 is 4.79 Å². The average Bonchev–Trinajstić information content (AvgIpc) is 3.25. The van der Waals surface area contributed by atoms with Crippen LogP contribution in [0, 0.1) is 0 Å². The Bertz CT molecular complexity index is 751. The van der Waals surface area contributed by atoms with Crippen LogP contribution in [0.1, 0.15) is 25.2 Å². The maximum atomic E-state index is 12.0. The number of nitrogens with one attached hydrogen (secondary N) is 2. The van der Waals surface area contributed by atoms with E-state index in [9.17, 15) is 4.79 Å². The maximum Gasteiger partial charge on any atom is 0.222 e. The standard InChI is InChI=1S/C15H17N7O/c1-11(22-8-2-5-18-22)9-14(23)17-10-13-19-15(21-20-13)12-3-6-16-7-4-12/h2-8,11H,9-10H2,1H3,(H,17,23)(H,19,20,21). The molecule has 1 unspecified atom stereocenters. The van der Waals surface area contributed by atoms with Crippen molar-refractivity contribution in [2.24, 2.45) is 0 Å². The van der Waals surface area contributed by atoms with Crippen LogP contribution in [0.15, 0.2) is 43.0 Å². The minimum absolute atomic E-state index is 0.00658. The van der Waals surface area contributed by atoms with E-state index >= 15 is 0 Å². The summed E-state index contributed by atoms with van der Waals surface area (Å²) in [6.45, 7) is 2.26. The van der Waals surface area contributed by atoms with Crippen molar-refractivity contribution in [3.63, 3.8) is 0 Å². The zero-order chi connectivity index (χ0) is 16.1. The van der Waals surface area contributed by atoms with Gasteiger partial charge in [0.25, 0.3) is 0 Å². The van der Waals surface area contributed by atoms with E-state index in [-0.39, 0.29) is 11.9 Å². The van der Waals surface area contributed by atoms with Gasteiger partial charge in [-0.25, -0.2) is 4.98 Å². The summed E-state index contributed by atoms with van der Waals surface area (Å²) in [6.07, 6.45) is 7.26. The largest absolute Gasteiger partial charge is 0.349 e. The summed E-state index contributed by atoms with van der Waals surface area (Å²) in [5.74, 6) is 1.13. The van der Waals surface area contributed by atoms with Crippen molar-refractivity contribution in [1.82, 2.24) is 35.3 Å². The Morgan fingerprint density at radius 2 is 2.17 bits per heavy atom. The lowest BCUT2D eigenvalue weighted by Gasteiger charge is -2.11. The molecule has 1 atom stereocenters. The van der Waals surface area contributed by atoms with Gasteiger partial charge in [-0.2, -0.15) is 10.2 Å². The number of hydrogen-bond donors (Lipinski definition) is 2. The molecule has 0 fully saturated rings. The molecule has 0 aliphatic rings. The summed E-state index contributed by atoms with van der Waals surface area (Å²) in [4.78, 5) is 20.3. The molecule has 0 aliphatic heterocycles. The van der Waals surface area contributed by atoms with Crippen molar-refractivity contribution in [2.45, 2.75) is 25.9 Å². The van der Waals surface area contributed by atoms with Crippen molar-refractivity contribution in [3.05, 3.63) is 48.8 Å². The molecule has 1 amide bonds. The second kappa shape index (κ2) is 6.82. The van der Waals surface area contributed by atoms with Crippen LogP contribution in [0.3, 0.4) is 0 Å². The van der Waals surface area contributed by atoms with Crippen LogP contribution in [-0.4, -0.2) is 35.9 Å². The van der Waals surface area contributed by atoms with Gasteiger partial charge in [0, 0.05) is 36.8 Å². The van der Waals surface area contributed by atoms with E-state index in [1.807, 2.05) is 31.3 Å². The van der Waals surface area contributed by atoms with Gasteiger partial charge in [-0.1, -0.05) is 0 Å². The van der Waals surface area contributed by atoms with E-state index in [1.165, 1.54) is 0 Å². The van der Waals surface area contributed by atoms with E-state index in [0.29, 0.717) is 24.6 Å². The quantitative estimate of drug-likeness (QED) is 0.715. The summed E-state index contributed by atoms with van der Waals surface area (Å²) in [5, 5.41) is 13.9. The molecule has 0 radical (unpaired) electrons. The van der Waals surface area contributed by atoms with Gasteiger partial charge in [0.2, 0.25) is 5.91 Å². The van der Waals surface area contributed by atoms with Crippen LogP contribution in [-0.2, 0) is 11.3 Å². The smallest absolute Gasteiger partial charge is 0.222 e. The summed E-state index contributed by atoms with van der Waals surface area (Å²) >= 11 is 0. The molecule has 0 saturated heterocycles. The first-order valence-corrected chi connectivity index (χ1v) is 7.30. The molecule has 3 rings (SSSR count). The van der Waals surface area contributed by atoms with Crippen molar-refractivity contribution in [3.8, 4) is 11.4 Å². The third-order valence-electron chi connectivity index (χ3n) is 3.38. The number of aromatic nitrogens is 6. The molecule has 3 aromatic rings. The minimum atomic E-state index is -0.0603. The zero-order valence-electron chi connectivity index (χ0n) is 12.7. The van der Waals surface area contributed by atoms with Gasteiger partial charge in [-0.3, -0.25) is 19.6 Å². The van der Waals surface area contributed by atoms with Crippen LogP contribution in [0.2, 0.25) is 0 Å². The maximum absolute atomic E-state index is 12.0. The topological polar surface area (TPSA) is 101 Å². The Morgan fingerprint density at radius 3 is 2.91 bits per heavy atom. The first kappa shape index (κ1) is 14.9. The second-order valence-corrected chi connectivity index (χ2v) is 5.16. The van der Waals surface area contributed by atoms with Gasteiger partial charge < -0.3 is 5.32 Å². The molecule has 23 heavy (non-hydrogen) atoms. The predicted molar refractivity (Wildman–Crippen MR) is 83.0 cm³/mol. The van der Waals surface area contributed by atoms with Crippen LogP contribution in [0.5, 0.6) is 0 Å². The Kier molecular flexibility index (Phi) is 4.41. The van der Waals surface area contributed by atoms with Crippen LogP contribution < -0.4 is 5.32 Å². The molecule has 8 heteroatoms. The number of rotatable bonds is 6. The number of H-pyrrole nitrogens is 1. The highest BCUT2D eigenvalue weighted by atomic mass is 16.1. The van der Waals surface area contributed by atoms with Gasteiger partial charge in [0.1, 0.15) is 5.82 Å². The molecular weight excluding hydrogens is 294 g/mol. The van der Waals surface area contributed by atoms with Crippen LogP contribution in [0.4, 0.5) is 0 Å². The Balaban J connectivity index is 1.52. The lowest BCUT2D eigenvalue weighted by Crippen LogP contribution is -2.26. The number of carbonyl (C=O) groups excluding carboxylic acids is 1. The Hall–Kier alpha value is -3.03. The normalized spacial score (nSPS) is 12.0. The highest BCUT2D eigenvalue weighted by Crippen LogP contribution is 2.12. The van der Waals surface area contributed by atoms with E-state index in [2.05, 4.69) is 30.6 Å². The molecule has 2 N–H and O–H groups in total. The fourth-order valence-electron chi connectivity index (χ4n) is 2.16. The fourth-order valence-corrected chi connectivity index (χ4v) is 2.16. The summed E-state index contributed by atoms with van der Waals surface area (Å²) in [6, 6.07) is 5.50. The van der Waals surface area contributed by atoms with Crippen molar-refractivity contribution in [1.29, 1.82) is 0 Å². The third-order valence-corrected chi connectivity index (χ3v) is 3.38. The summed E-state index contributed by atoms with van der Waals surface area (Å²) in [7, 11) is 0. The van der Waals surface area contributed by atoms with E-state index in [0.717, 1.165) is 5.56 Å². The Labute approximate surface area is 133 Å². The number of carbonyl (C=O) groups is 1. The number of nitrogens with zero attached hydrogens (tertiary/aromatic N) is 5. The highest BCUT2D eigenvalue weighted by Gasteiger charge is 2.12.